The maximum absolute atomic E-state index is 13.1. The van der Waals surface area contributed by atoms with Crippen molar-refractivity contribution in [1.82, 2.24) is 0 Å². The monoisotopic (exact) mass is 1370 g/mol. The molecule has 0 spiro atoms. The number of rotatable bonds is 73. The Kier molecular flexibility index (Phi) is 64.6. The van der Waals surface area contributed by atoms with Crippen LogP contribution in [-0.2, 0) is 65.4 Å². The van der Waals surface area contributed by atoms with Crippen LogP contribution in [0.4, 0.5) is 0 Å². The molecular weight excluding hydrogens is 1220 g/mol. The molecule has 2 unspecified atom stereocenters. The fourth-order valence-electron chi connectivity index (χ4n) is 11.3. The van der Waals surface area contributed by atoms with Gasteiger partial charge in [-0.3, -0.25) is 37.3 Å². The molecule has 17 nitrogen and oxygen atoms in total. The van der Waals surface area contributed by atoms with E-state index < -0.39 is 97.5 Å². The molecule has 5 atom stereocenters. The molecule has 3 N–H and O–H groups in total. The van der Waals surface area contributed by atoms with Gasteiger partial charge in [-0.05, 0) is 37.5 Å². The molecule has 19 heteroatoms. The lowest BCUT2D eigenvalue weighted by Gasteiger charge is -2.21. The highest BCUT2D eigenvalue weighted by Crippen LogP contribution is 2.45. The third-order valence-electron chi connectivity index (χ3n) is 17.2. The van der Waals surface area contributed by atoms with E-state index in [0.717, 1.165) is 108 Å². The number of hydrogen-bond acceptors (Lipinski definition) is 15. The molecule has 0 bridgehead atoms. The third-order valence-corrected chi connectivity index (χ3v) is 19.1. The van der Waals surface area contributed by atoms with Crippen molar-refractivity contribution >= 4 is 39.5 Å². The van der Waals surface area contributed by atoms with Crippen LogP contribution in [0.1, 0.15) is 382 Å². The number of phosphoric acid groups is 2. The van der Waals surface area contributed by atoms with Gasteiger partial charge in [0.2, 0.25) is 0 Å². The summed E-state index contributed by atoms with van der Waals surface area (Å²) in [4.78, 5) is 72.6. The van der Waals surface area contributed by atoms with E-state index in [1.54, 1.807) is 0 Å². The standard InChI is InChI=1S/C74H144O17P2/c1-7-9-11-13-15-17-18-19-20-23-26-29-32-39-45-51-57-72(77)85-63-70(90-73(78)58-52-46-40-33-30-27-24-21-22-25-28-31-36-42-48-54-66(3)4)65-89-93(82,83)87-61-68(75)60-86-92(80,81)88-64-69(62-84-71(76)56-50-44-38-16-14-12-10-8-2)91-74(79)59-53-47-41-35-34-37-43-49-55-67(5)6/h66-70,75H,7-65H2,1-6H3,(H,80,81)(H,82,83)/t68-,69+,70+/m0/s1. The zero-order valence-electron chi connectivity index (χ0n) is 60.6. The summed E-state index contributed by atoms with van der Waals surface area (Å²) in [5, 5.41) is 10.6. The molecule has 0 aromatic carbocycles. The van der Waals surface area contributed by atoms with Gasteiger partial charge in [-0.2, -0.15) is 0 Å². The van der Waals surface area contributed by atoms with Crippen LogP contribution in [0.5, 0.6) is 0 Å². The van der Waals surface area contributed by atoms with Gasteiger partial charge in [0.15, 0.2) is 12.2 Å². The van der Waals surface area contributed by atoms with E-state index in [2.05, 4.69) is 41.5 Å². The second-order valence-electron chi connectivity index (χ2n) is 27.6. The van der Waals surface area contributed by atoms with Crippen molar-refractivity contribution in [3.05, 3.63) is 0 Å². The number of aliphatic hydroxyl groups excluding tert-OH is 1. The average Bonchev–Trinajstić information content (AvgIpc) is 2.76. The highest BCUT2D eigenvalue weighted by atomic mass is 31.2. The molecule has 0 amide bonds. The number of phosphoric ester groups is 2. The third kappa shape index (κ3) is 68.4. The number of unbranched alkanes of at least 4 members (excludes halogenated alkanes) is 43. The van der Waals surface area contributed by atoms with Gasteiger partial charge in [0.05, 0.1) is 26.4 Å². The van der Waals surface area contributed by atoms with Crippen LogP contribution in [0, 0.1) is 11.8 Å². The van der Waals surface area contributed by atoms with Crippen molar-refractivity contribution in [2.75, 3.05) is 39.6 Å². The molecule has 0 saturated carbocycles. The van der Waals surface area contributed by atoms with Crippen LogP contribution in [0.15, 0.2) is 0 Å². The number of esters is 4. The first-order valence-corrected chi connectivity index (χ1v) is 41.5. The largest absolute Gasteiger partial charge is 0.472 e. The second-order valence-corrected chi connectivity index (χ2v) is 30.5. The van der Waals surface area contributed by atoms with E-state index >= 15 is 0 Å². The van der Waals surface area contributed by atoms with Crippen LogP contribution in [0.2, 0.25) is 0 Å². The summed E-state index contributed by atoms with van der Waals surface area (Å²) in [6, 6.07) is 0. The Labute approximate surface area is 568 Å². The molecule has 0 heterocycles. The van der Waals surface area contributed by atoms with Gasteiger partial charge in [0.25, 0.3) is 0 Å². The number of aliphatic hydroxyl groups is 1. The Bertz CT molecular complexity index is 1800. The van der Waals surface area contributed by atoms with Gasteiger partial charge in [-0.15, -0.1) is 0 Å². The fraction of sp³-hybridized carbons (Fsp3) is 0.946. The van der Waals surface area contributed by atoms with Gasteiger partial charge in [0.1, 0.15) is 19.3 Å². The fourth-order valence-corrected chi connectivity index (χ4v) is 12.9. The van der Waals surface area contributed by atoms with Crippen LogP contribution in [-0.4, -0.2) is 96.7 Å². The van der Waals surface area contributed by atoms with Crippen LogP contribution >= 0.6 is 15.6 Å². The molecule has 0 fully saturated rings. The Hall–Kier alpha value is -1.94. The molecule has 0 aliphatic carbocycles. The van der Waals surface area contributed by atoms with Gasteiger partial charge in [0, 0.05) is 25.7 Å². The molecule has 0 radical (unpaired) electrons. The highest BCUT2D eigenvalue weighted by molar-refractivity contribution is 7.47. The Morgan fingerprint density at radius 3 is 0.731 bits per heavy atom. The van der Waals surface area contributed by atoms with Gasteiger partial charge in [-0.1, -0.05) is 330 Å². The SMILES string of the molecule is CCCCCCCCCCCCCCCCCCC(=O)OC[C@H](COP(=O)(O)OC[C@@H](O)COP(=O)(O)OC[C@@H](COC(=O)CCCCCCCCCC)OC(=O)CCCCCCCCCCC(C)C)OC(=O)CCCCCCCCCCCCCCCCCC(C)C. The summed E-state index contributed by atoms with van der Waals surface area (Å²) >= 11 is 0. The first kappa shape index (κ1) is 91.1. The summed E-state index contributed by atoms with van der Waals surface area (Å²) < 4.78 is 68.4. The quantitative estimate of drug-likeness (QED) is 0.0222. The Balaban J connectivity index is 5.21. The van der Waals surface area contributed by atoms with E-state index in [0.29, 0.717) is 25.7 Å². The smallest absolute Gasteiger partial charge is 0.462 e. The minimum atomic E-state index is -4.96. The Morgan fingerprint density at radius 2 is 0.495 bits per heavy atom. The lowest BCUT2D eigenvalue weighted by atomic mass is 10.0. The lowest BCUT2D eigenvalue weighted by Crippen LogP contribution is -2.30. The number of carbonyl (C=O) groups is 4. The van der Waals surface area contributed by atoms with Gasteiger partial charge in [-0.25, -0.2) is 9.13 Å². The minimum absolute atomic E-state index is 0.104. The van der Waals surface area contributed by atoms with E-state index in [-0.39, 0.29) is 25.7 Å². The molecule has 0 rings (SSSR count). The predicted molar refractivity (Wildman–Crippen MR) is 377 cm³/mol. The van der Waals surface area contributed by atoms with Gasteiger partial charge >= 0.3 is 39.5 Å². The maximum atomic E-state index is 13.1. The lowest BCUT2D eigenvalue weighted by molar-refractivity contribution is -0.161. The predicted octanol–water partition coefficient (Wildman–Crippen LogP) is 21.6. The number of ether oxygens (including phenoxy) is 4. The van der Waals surface area contributed by atoms with E-state index in [9.17, 15) is 43.2 Å². The molecule has 0 saturated heterocycles. The molecular formula is C74H144O17P2. The zero-order chi connectivity index (χ0) is 68.6. The summed E-state index contributed by atoms with van der Waals surface area (Å²) in [6.07, 6.45) is 52.8. The van der Waals surface area contributed by atoms with Crippen LogP contribution in [0.3, 0.4) is 0 Å². The summed E-state index contributed by atoms with van der Waals surface area (Å²) in [5.74, 6) is -0.601. The molecule has 0 aromatic heterocycles. The van der Waals surface area contributed by atoms with Crippen molar-refractivity contribution < 1.29 is 80.2 Å². The van der Waals surface area contributed by atoms with Crippen molar-refractivity contribution in [2.45, 2.75) is 400 Å². The highest BCUT2D eigenvalue weighted by Gasteiger charge is 2.30. The molecule has 0 aliphatic rings. The summed E-state index contributed by atoms with van der Waals surface area (Å²) in [7, 11) is -9.90. The Morgan fingerprint density at radius 1 is 0.290 bits per heavy atom. The first-order chi connectivity index (χ1) is 44.9. The zero-order valence-corrected chi connectivity index (χ0v) is 62.3. The van der Waals surface area contributed by atoms with Crippen molar-refractivity contribution in [1.29, 1.82) is 0 Å². The molecule has 0 aromatic rings. The van der Waals surface area contributed by atoms with Gasteiger partial charge < -0.3 is 33.8 Å². The van der Waals surface area contributed by atoms with Crippen LogP contribution < -0.4 is 0 Å². The summed E-state index contributed by atoms with van der Waals surface area (Å²) in [6.45, 7) is 9.54. The molecule has 552 valence electrons. The van der Waals surface area contributed by atoms with Crippen molar-refractivity contribution in [2.24, 2.45) is 11.8 Å². The maximum Gasteiger partial charge on any atom is 0.472 e. The normalized spacial score (nSPS) is 14.1. The minimum Gasteiger partial charge on any atom is -0.462 e. The van der Waals surface area contributed by atoms with Crippen molar-refractivity contribution in [3.63, 3.8) is 0 Å². The summed E-state index contributed by atoms with van der Waals surface area (Å²) in [5.41, 5.74) is 0. The first-order valence-electron chi connectivity index (χ1n) is 38.5. The molecule has 93 heavy (non-hydrogen) atoms. The molecule has 0 aliphatic heterocycles. The average molecular weight is 1370 g/mol. The number of carbonyl (C=O) groups excluding carboxylic acids is 4. The van der Waals surface area contributed by atoms with E-state index in [4.69, 9.17) is 37.0 Å². The topological polar surface area (TPSA) is 237 Å². The van der Waals surface area contributed by atoms with Crippen LogP contribution in [0.25, 0.3) is 0 Å². The van der Waals surface area contributed by atoms with Crippen molar-refractivity contribution in [3.8, 4) is 0 Å². The van der Waals surface area contributed by atoms with E-state index in [1.807, 2.05) is 0 Å². The van der Waals surface area contributed by atoms with E-state index in [1.165, 1.54) is 193 Å². The number of hydrogen-bond donors (Lipinski definition) is 3. The second kappa shape index (κ2) is 66.0.